The lowest BCUT2D eigenvalue weighted by molar-refractivity contribution is -0.119. The first kappa shape index (κ1) is 14.1. The fourth-order valence-electron chi connectivity index (χ4n) is 1.88. The lowest BCUT2D eigenvalue weighted by atomic mass is 10.1. The molecule has 4 nitrogen and oxygen atoms in total. The van der Waals surface area contributed by atoms with E-state index < -0.39 is 0 Å². The predicted octanol–water partition coefficient (Wildman–Crippen LogP) is 2.43. The van der Waals surface area contributed by atoms with Crippen LogP contribution in [0.25, 0.3) is 0 Å². The van der Waals surface area contributed by atoms with E-state index in [1.165, 1.54) is 11.1 Å². The molecular weight excluding hydrogens is 250 g/mol. The zero-order valence-corrected chi connectivity index (χ0v) is 11.8. The van der Waals surface area contributed by atoms with Crippen molar-refractivity contribution < 1.29 is 4.79 Å². The van der Waals surface area contributed by atoms with Crippen molar-refractivity contribution in [3.05, 3.63) is 59.4 Å². The second kappa shape index (κ2) is 6.70. The van der Waals surface area contributed by atoms with Gasteiger partial charge < -0.3 is 10.6 Å². The van der Waals surface area contributed by atoms with E-state index in [1.807, 2.05) is 31.2 Å². The Morgan fingerprint density at radius 3 is 2.80 bits per heavy atom. The zero-order valence-electron chi connectivity index (χ0n) is 11.8. The molecular formula is C16H19N3O. The van der Waals surface area contributed by atoms with Crippen LogP contribution in [-0.2, 0) is 11.3 Å². The van der Waals surface area contributed by atoms with Crippen molar-refractivity contribution in [1.82, 2.24) is 10.3 Å². The number of carbonyl (C=O) groups excluding carboxylic acids is 1. The monoisotopic (exact) mass is 269 g/mol. The molecule has 2 rings (SSSR count). The van der Waals surface area contributed by atoms with Crippen molar-refractivity contribution in [2.75, 3.05) is 11.9 Å². The Labute approximate surface area is 119 Å². The number of amides is 1. The third kappa shape index (κ3) is 3.82. The second-order valence-corrected chi connectivity index (χ2v) is 4.74. The summed E-state index contributed by atoms with van der Waals surface area (Å²) in [5.41, 5.74) is 4.38. The molecule has 0 saturated heterocycles. The number of pyridine rings is 1. The number of nitrogens with one attached hydrogen (secondary N) is 2. The summed E-state index contributed by atoms with van der Waals surface area (Å²) in [4.78, 5) is 15.8. The van der Waals surface area contributed by atoms with Gasteiger partial charge in [-0.2, -0.15) is 0 Å². The largest absolute Gasteiger partial charge is 0.376 e. The van der Waals surface area contributed by atoms with Gasteiger partial charge in [0, 0.05) is 24.6 Å². The summed E-state index contributed by atoms with van der Waals surface area (Å²) in [5.74, 6) is -0.0326. The molecule has 1 aromatic heterocycles. The maximum absolute atomic E-state index is 11.8. The maximum Gasteiger partial charge on any atom is 0.239 e. The van der Waals surface area contributed by atoms with Gasteiger partial charge >= 0.3 is 0 Å². The Hall–Kier alpha value is -2.36. The van der Waals surface area contributed by atoms with E-state index in [-0.39, 0.29) is 12.5 Å². The Morgan fingerprint density at radius 1 is 1.20 bits per heavy atom. The molecule has 0 radical (unpaired) electrons. The average Bonchev–Trinajstić information content (AvgIpc) is 2.48. The number of hydrogen-bond donors (Lipinski definition) is 2. The van der Waals surface area contributed by atoms with Crippen LogP contribution in [-0.4, -0.2) is 17.4 Å². The van der Waals surface area contributed by atoms with Gasteiger partial charge in [0.25, 0.3) is 0 Å². The Morgan fingerprint density at radius 2 is 2.05 bits per heavy atom. The second-order valence-electron chi connectivity index (χ2n) is 4.74. The van der Waals surface area contributed by atoms with Crippen molar-refractivity contribution in [3.8, 4) is 0 Å². The topological polar surface area (TPSA) is 54.0 Å². The van der Waals surface area contributed by atoms with Crippen LogP contribution in [0.1, 0.15) is 16.7 Å². The van der Waals surface area contributed by atoms with E-state index in [2.05, 4.69) is 28.6 Å². The summed E-state index contributed by atoms with van der Waals surface area (Å²) in [6, 6.07) is 9.82. The van der Waals surface area contributed by atoms with Gasteiger partial charge in [-0.15, -0.1) is 0 Å². The molecule has 1 aromatic carbocycles. The van der Waals surface area contributed by atoms with Gasteiger partial charge in [-0.05, 0) is 42.7 Å². The molecule has 0 unspecified atom stereocenters. The van der Waals surface area contributed by atoms with Crippen LogP contribution in [0.2, 0.25) is 0 Å². The normalized spacial score (nSPS) is 10.1. The summed E-state index contributed by atoms with van der Waals surface area (Å²) >= 11 is 0. The summed E-state index contributed by atoms with van der Waals surface area (Å²) < 4.78 is 0. The zero-order chi connectivity index (χ0) is 14.4. The molecule has 0 aliphatic rings. The third-order valence-electron chi connectivity index (χ3n) is 3.26. The molecule has 0 spiro atoms. The molecule has 20 heavy (non-hydrogen) atoms. The fourth-order valence-corrected chi connectivity index (χ4v) is 1.88. The van der Waals surface area contributed by atoms with Crippen LogP contribution < -0.4 is 10.6 Å². The molecule has 0 atom stereocenters. The van der Waals surface area contributed by atoms with Gasteiger partial charge in [-0.25, -0.2) is 0 Å². The Balaban J connectivity index is 1.82. The quantitative estimate of drug-likeness (QED) is 0.876. The number of aromatic nitrogens is 1. The first-order valence-electron chi connectivity index (χ1n) is 6.62. The van der Waals surface area contributed by atoms with Crippen molar-refractivity contribution in [3.63, 3.8) is 0 Å². The highest BCUT2D eigenvalue weighted by atomic mass is 16.1. The van der Waals surface area contributed by atoms with Crippen LogP contribution in [0.15, 0.2) is 42.7 Å². The predicted molar refractivity (Wildman–Crippen MR) is 80.5 cm³/mol. The smallest absolute Gasteiger partial charge is 0.239 e. The number of aryl methyl sites for hydroxylation is 1. The fraction of sp³-hybridized carbons (Fsp3) is 0.250. The molecule has 2 N–H and O–H groups in total. The standard InChI is InChI=1S/C16H19N3O/c1-12-5-3-7-15(13(12)2)18-11-16(20)19-10-14-6-4-8-17-9-14/h3-9,18H,10-11H2,1-2H3,(H,19,20). The van der Waals surface area contributed by atoms with Crippen molar-refractivity contribution in [2.24, 2.45) is 0 Å². The summed E-state index contributed by atoms with van der Waals surface area (Å²) in [6.07, 6.45) is 3.46. The molecule has 4 heteroatoms. The van der Waals surface area contributed by atoms with Gasteiger partial charge in [0.1, 0.15) is 0 Å². The number of carbonyl (C=O) groups is 1. The van der Waals surface area contributed by atoms with Gasteiger partial charge in [-0.1, -0.05) is 18.2 Å². The lowest BCUT2D eigenvalue weighted by Gasteiger charge is -2.11. The highest BCUT2D eigenvalue weighted by molar-refractivity contribution is 5.81. The lowest BCUT2D eigenvalue weighted by Crippen LogP contribution is -2.29. The van der Waals surface area contributed by atoms with Crippen molar-refractivity contribution in [1.29, 1.82) is 0 Å². The molecule has 104 valence electrons. The van der Waals surface area contributed by atoms with Crippen LogP contribution in [0, 0.1) is 13.8 Å². The summed E-state index contributed by atoms with van der Waals surface area (Å²) in [7, 11) is 0. The summed E-state index contributed by atoms with van der Waals surface area (Å²) in [6.45, 7) is 4.87. The molecule has 1 heterocycles. The number of anilines is 1. The Bertz CT molecular complexity index is 582. The van der Waals surface area contributed by atoms with E-state index in [0.717, 1.165) is 11.3 Å². The van der Waals surface area contributed by atoms with Gasteiger partial charge in [-0.3, -0.25) is 9.78 Å². The van der Waals surface area contributed by atoms with Crippen molar-refractivity contribution in [2.45, 2.75) is 20.4 Å². The first-order chi connectivity index (χ1) is 9.66. The van der Waals surface area contributed by atoms with Gasteiger partial charge in [0.2, 0.25) is 5.91 Å². The van der Waals surface area contributed by atoms with Crippen LogP contribution in [0.4, 0.5) is 5.69 Å². The number of benzene rings is 1. The molecule has 0 aliphatic carbocycles. The van der Waals surface area contributed by atoms with Crippen LogP contribution in [0.3, 0.4) is 0 Å². The van der Waals surface area contributed by atoms with Crippen LogP contribution in [0.5, 0.6) is 0 Å². The molecule has 1 amide bonds. The van der Waals surface area contributed by atoms with E-state index >= 15 is 0 Å². The molecule has 0 aliphatic heterocycles. The highest BCUT2D eigenvalue weighted by Gasteiger charge is 2.04. The SMILES string of the molecule is Cc1cccc(NCC(=O)NCc2cccnc2)c1C. The Kier molecular flexibility index (Phi) is 4.71. The first-order valence-corrected chi connectivity index (χ1v) is 6.62. The summed E-state index contributed by atoms with van der Waals surface area (Å²) in [5, 5.41) is 6.02. The minimum atomic E-state index is -0.0326. The number of hydrogen-bond acceptors (Lipinski definition) is 3. The van der Waals surface area contributed by atoms with Gasteiger partial charge in [0.05, 0.1) is 6.54 Å². The molecule has 0 bridgehead atoms. The van der Waals surface area contributed by atoms with E-state index in [9.17, 15) is 4.79 Å². The number of nitrogens with zero attached hydrogens (tertiary/aromatic N) is 1. The third-order valence-corrected chi connectivity index (χ3v) is 3.26. The average molecular weight is 269 g/mol. The molecule has 0 saturated carbocycles. The molecule has 2 aromatic rings. The number of rotatable bonds is 5. The van der Waals surface area contributed by atoms with Gasteiger partial charge in [0.15, 0.2) is 0 Å². The minimum absolute atomic E-state index is 0.0326. The van der Waals surface area contributed by atoms with Crippen LogP contribution >= 0.6 is 0 Å². The van der Waals surface area contributed by atoms with E-state index in [0.29, 0.717) is 6.54 Å². The van der Waals surface area contributed by atoms with E-state index in [4.69, 9.17) is 0 Å². The maximum atomic E-state index is 11.8. The minimum Gasteiger partial charge on any atom is -0.376 e. The highest BCUT2D eigenvalue weighted by Crippen LogP contribution is 2.17. The van der Waals surface area contributed by atoms with E-state index in [1.54, 1.807) is 12.4 Å². The van der Waals surface area contributed by atoms with Crippen molar-refractivity contribution >= 4 is 11.6 Å². The molecule has 0 fully saturated rings.